The summed E-state index contributed by atoms with van der Waals surface area (Å²) in [6.45, 7) is 0. The summed E-state index contributed by atoms with van der Waals surface area (Å²) in [5.41, 5.74) is 11.3. The average molecular weight is 728 g/mol. The predicted octanol–water partition coefficient (Wildman–Crippen LogP) is 14.1. The molecule has 0 aliphatic rings. The second kappa shape index (κ2) is 13.6. The Morgan fingerprint density at radius 1 is 0.281 bits per heavy atom. The molecule has 4 nitrogen and oxygen atoms in total. The van der Waals surface area contributed by atoms with Crippen molar-refractivity contribution in [3.8, 4) is 67.5 Å². The number of furan rings is 1. The molecule has 0 amide bonds. The lowest BCUT2D eigenvalue weighted by Gasteiger charge is -2.12. The van der Waals surface area contributed by atoms with E-state index in [9.17, 15) is 0 Å². The fraction of sp³-hybridized carbons (Fsp3) is 0. The minimum absolute atomic E-state index is 0.592. The Labute approximate surface area is 329 Å². The maximum Gasteiger partial charge on any atom is 0.164 e. The largest absolute Gasteiger partial charge is 0.456 e. The van der Waals surface area contributed by atoms with E-state index in [2.05, 4.69) is 152 Å². The van der Waals surface area contributed by atoms with Crippen LogP contribution in [0.5, 0.6) is 0 Å². The summed E-state index contributed by atoms with van der Waals surface area (Å²) in [5, 5.41) is 6.99. The molecule has 2 aromatic heterocycles. The van der Waals surface area contributed by atoms with Gasteiger partial charge in [-0.05, 0) is 85.3 Å². The first-order valence-corrected chi connectivity index (χ1v) is 19.2. The molecule has 4 heteroatoms. The second-order valence-electron chi connectivity index (χ2n) is 14.4. The molecule has 0 unspecified atom stereocenters. The molecule has 0 saturated carbocycles. The van der Waals surface area contributed by atoms with E-state index in [0.29, 0.717) is 17.5 Å². The molecule has 9 aromatic carbocycles. The second-order valence-corrected chi connectivity index (χ2v) is 14.4. The van der Waals surface area contributed by atoms with Crippen LogP contribution in [0.3, 0.4) is 0 Å². The van der Waals surface area contributed by atoms with Gasteiger partial charge in [0.05, 0.1) is 0 Å². The number of fused-ring (bicyclic) bond motifs is 6. The highest BCUT2D eigenvalue weighted by atomic mass is 16.3. The molecular weight excluding hydrogens is 695 g/mol. The summed E-state index contributed by atoms with van der Waals surface area (Å²) in [6, 6.07) is 70.0. The van der Waals surface area contributed by atoms with Gasteiger partial charge in [0.1, 0.15) is 11.2 Å². The monoisotopic (exact) mass is 727 g/mol. The Bertz CT molecular complexity index is 3280. The lowest BCUT2D eigenvalue weighted by Crippen LogP contribution is -2.00. The summed E-state index contributed by atoms with van der Waals surface area (Å²) >= 11 is 0. The third-order valence-corrected chi connectivity index (χ3v) is 10.9. The molecule has 0 atom stereocenters. The van der Waals surface area contributed by atoms with Gasteiger partial charge in [-0.1, -0.05) is 170 Å². The first-order chi connectivity index (χ1) is 28.2. The van der Waals surface area contributed by atoms with Gasteiger partial charge >= 0.3 is 0 Å². The van der Waals surface area contributed by atoms with E-state index in [1.165, 1.54) is 32.7 Å². The van der Waals surface area contributed by atoms with Crippen LogP contribution in [0, 0.1) is 0 Å². The van der Waals surface area contributed by atoms with Gasteiger partial charge in [0.25, 0.3) is 0 Å². The molecule has 11 aromatic rings. The molecule has 2 heterocycles. The van der Waals surface area contributed by atoms with E-state index in [-0.39, 0.29) is 0 Å². The first-order valence-electron chi connectivity index (χ1n) is 19.2. The molecular formula is C53H33N3O. The third-order valence-electron chi connectivity index (χ3n) is 10.9. The number of nitrogens with zero attached hydrogens (tertiary/aromatic N) is 3. The Morgan fingerprint density at radius 3 is 1.61 bits per heavy atom. The summed E-state index contributed by atoms with van der Waals surface area (Å²) < 4.78 is 6.50. The minimum Gasteiger partial charge on any atom is -0.456 e. The zero-order valence-electron chi connectivity index (χ0n) is 30.8. The summed E-state index contributed by atoms with van der Waals surface area (Å²) in [5.74, 6) is 1.82. The van der Waals surface area contributed by atoms with Crippen molar-refractivity contribution in [1.29, 1.82) is 0 Å². The van der Waals surface area contributed by atoms with Crippen molar-refractivity contribution in [2.75, 3.05) is 0 Å². The van der Waals surface area contributed by atoms with Crippen LogP contribution in [0.1, 0.15) is 0 Å². The Balaban J connectivity index is 1.05. The van der Waals surface area contributed by atoms with Crippen LogP contribution in [-0.4, -0.2) is 15.0 Å². The van der Waals surface area contributed by atoms with Crippen molar-refractivity contribution in [2.24, 2.45) is 0 Å². The first kappa shape index (κ1) is 32.7. The average Bonchev–Trinajstić information content (AvgIpc) is 3.68. The van der Waals surface area contributed by atoms with E-state index in [0.717, 1.165) is 60.9 Å². The number of aromatic nitrogens is 3. The standard InChI is InChI=1S/C53H33N3O/c1-3-13-34(14-4-1)35-25-27-37(28-26-35)52-54-51(36-15-5-2-6-16-36)55-53(56-52)45-23-12-24-49-50(45)47-32-39(29-30-48(47)57-49)38-18-11-19-40(31-38)46-33-41-17-7-8-20-42(41)43-21-9-10-22-44(43)46/h1-33H. The molecule has 0 N–H and O–H groups in total. The number of hydrogen-bond donors (Lipinski definition) is 0. The number of rotatable bonds is 6. The Morgan fingerprint density at radius 2 is 0.825 bits per heavy atom. The lowest BCUT2D eigenvalue weighted by molar-refractivity contribution is 0.669. The van der Waals surface area contributed by atoms with Gasteiger partial charge in [-0.2, -0.15) is 0 Å². The molecule has 57 heavy (non-hydrogen) atoms. The molecule has 0 aliphatic carbocycles. The van der Waals surface area contributed by atoms with Gasteiger partial charge in [-0.25, -0.2) is 15.0 Å². The van der Waals surface area contributed by atoms with Crippen LogP contribution >= 0.6 is 0 Å². The molecule has 0 radical (unpaired) electrons. The van der Waals surface area contributed by atoms with Crippen LogP contribution in [0.4, 0.5) is 0 Å². The van der Waals surface area contributed by atoms with Gasteiger partial charge in [-0.15, -0.1) is 0 Å². The van der Waals surface area contributed by atoms with Gasteiger partial charge in [0, 0.05) is 27.5 Å². The Kier molecular flexibility index (Phi) is 7.78. The minimum atomic E-state index is 0.592. The molecule has 0 fully saturated rings. The van der Waals surface area contributed by atoms with Crippen molar-refractivity contribution < 1.29 is 4.42 Å². The lowest BCUT2D eigenvalue weighted by atomic mass is 9.91. The normalized spacial score (nSPS) is 11.5. The summed E-state index contributed by atoms with van der Waals surface area (Å²) in [4.78, 5) is 15.3. The van der Waals surface area contributed by atoms with Crippen molar-refractivity contribution in [3.63, 3.8) is 0 Å². The zero-order valence-corrected chi connectivity index (χ0v) is 30.8. The van der Waals surface area contributed by atoms with Crippen LogP contribution in [0.15, 0.2) is 205 Å². The quantitative estimate of drug-likeness (QED) is 0.160. The topological polar surface area (TPSA) is 51.8 Å². The maximum absolute atomic E-state index is 6.50. The van der Waals surface area contributed by atoms with Gasteiger partial charge in [-0.3, -0.25) is 0 Å². The molecule has 0 spiro atoms. The van der Waals surface area contributed by atoms with Crippen LogP contribution < -0.4 is 0 Å². The zero-order chi connectivity index (χ0) is 37.7. The van der Waals surface area contributed by atoms with Gasteiger partial charge < -0.3 is 4.42 Å². The molecule has 0 saturated heterocycles. The molecule has 0 aliphatic heterocycles. The summed E-state index contributed by atoms with van der Waals surface area (Å²) in [7, 11) is 0. The van der Waals surface area contributed by atoms with Crippen molar-refractivity contribution in [2.45, 2.75) is 0 Å². The summed E-state index contributed by atoms with van der Waals surface area (Å²) in [6.07, 6.45) is 0. The van der Waals surface area contributed by atoms with Crippen molar-refractivity contribution in [1.82, 2.24) is 15.0 Å². The fourth-order valence-corrected chi connectivity index (χ4v) is 8.14. The van der Waals surface area contributed by atoms with E-state index in [1.807, 2.05) is 48.5 Å². The van der Waals surface area contributed by atoms with E-state index in [1.54, 1.807) is 0 Å². The van der Waals surface area contributed by atoms with Crippen molar-refractivity contribution in [3.05, 3.63) is 200 Å². The van der Waals surface area contributed by atoms with E-state index in [4.69, 9.17) is 19.4 Å². The van der Waals surface area contributed by atoms with Crippen LogP contribution in [0.2, 0.25) is 0 Å². The molecule has 11 rings (SSSR count). The number of benzene rings is 9. The highest BCUT2D eigenvalue weighted by Gasteiger charge is 2.19. The van der Waals surface area contributed by atoms with Gasteiger partial charge in [0.15, 0.2) is 17.5 Å². The number of hydrogen-bond acceptors (Lipinski definition) is 4. The molecule has 0 bridgehead atoms. The molecule has 266 valence electrons. The third kappa shape index (κ3) is 5.83. The van der Waals surface area contributed by atoms with E-state index >= 15 is 0 Å². The smallest absolute Gasteiger partial charge is 0.164 e. The fourth-order valence-electron chi connectivity index (χ4n) is 8.14. The van der Waals surface area contributed by atoms with Crippen LogP contribution in [0.25, 0.3) is 111 Å². The highest BCUT2D eigenvalue weighted by Crippen LogP contribution is 2.40. The van der Waals surface area contributed by atoms with Crippen molar-refractivity contribution >= 4 is 43.5 Å². The Hall–Kier alpha value is -7.69. The predicted molar refractivity (Wildman–Crippen MR) is 235 cm³/mol. The highest BCUT2D eigenvalue weighted by molar-refractivity contribution is 6.15. The maximum atomic E-state index is 6.50. The van der Waals surface area contributed by atoms with Gasteiger partial charge in [0.2, 0.25) is 0 Å². The SMILES string of the molecule is c1ccc(-c2ccc(-c3nc(-c4ccccc4)nc(-c4cccc5oc6ccc(-c7cccc(-c8cc9ccccc9c9ccccc89)c7)cc6c45)n3)cc2)cc1. The van der Waals surface area contributed by atoms with E-state index < -0.39 is 0 Å². The van der Waals surface area contributed by atoms with Crippen LogP contribution in [-0.2, 0) is 0 Å².